The molecule has 1 aromatic heterocycles. The van der Waals surface area contributed by atoms with Crippen molar-refractivity contribution in [3.05, 3.63) is 34.3 Å². The average molecular weight is 249 g/mol. The standard InChI is InChI=1S/C13H19N3O2/c1-8(7-14)12(16(2)3)9-4-5-11-10(6-9)15-13(17)18-11/h4-6,8,12H,7,14H2,1-3H3,(H,15,17). The minimum absolute atomic E-state index is 0.220. The minimum atomic E-state index is -0.421. The molecule has 0 radical (unpaired) electrons. The average Bonchev–Trinajstić information content (AvgIpc) is 2.68. The summed E-state index contributed by atoms with van der Waals surface area (Å²) in [6.45, 7) is 2.73. The summed E-state index contributed by atoms with van der Waals surface area (Å²) in [5, 5.41) is 0. The Balaban J connectivity index is 2.47. The van der Waals surface area contributed by atoms with Crippen molar-refractivity contribution in [2.24, 2.45) is 11.7 Å². The number of hydrogen-bond acceptors (Lipinski definition) is 4. The van der Waals surface area contributed by atoms with Gasteiger partial charge in [-0.05, 0) is 44.3 Å². The molecule has 0 fully saturated rings. The monoisotopic (exact) mass is 249 g/mol. The molecule has 1 aromatic carbocycles. The lowest BCUT2D eigenvalue weighted by Gasteiger charge is -2.29. The Morgan fingerprint density at radius 3 is 2.78 bits per heavy atom. The highest BCUT2D eigenvalue weighted by molar-refractivity contribution is 5.72. The van der Waals surface area contributed by atoms with Gasteiger partial charge in [-0.15, -0.1) is 0 Å². The number of hydrogen-bond donors (Lipinski definition) is 2. The van der Waals surface area contributed by atoms with Gasteiger partial charge in [-0.2, -0.15) is 0 Å². The van der Waals surface area contributed by atoms with E-state index in [1.807, 2.05) is 32.3 Å². The molecule has 0 aliphatic carbocycles. The van der Waals surface area contributed by atoms with Gasteiger partial charge in [-0.1, -0.05) is 13.0 Å². The molecule has 2 unspecified atom stereocenters. The molecule has 3 N–H and O–H groups in total. The third kappa shape index (κ3) is 2.32. The third-order valence-corrected chi connectivity index (χ3v) is 3.25. The van der Waals surface area contributed by atoms with Crippen LogP contribution in [0.1, 0.15) is 18.5 Å². The van der Waals surface area contributed by atoms with E-state index in [4.69, 9.17) is 10.2 Å². The van der Waals surface area contributed by atoms with Crippen LogP contribution in [0.2, 0.25) is 0 Å². The number of nitrogens with one attached hydrogen (secondary N) is 1. The first-order valence-electron chi connectivity index (χ1n) is 6.02. The van der Waals surface area contributed by atoms with E-state index in [0.29, 0.717) is 18.0 Å². The Kier molecular flexibility index (Phi) is 3.54. The predicted octanol–water partition coefficient (Wildman–Crippen LogP) is 1.32. The van der Waals surface area contributed by atoms with E-state index in [-0.39, 0.29) is 6.04 Å². The number of oxazole rings is 1. The molecular weight excluding hydrogens is 230 g/mol. The summed E-state index contributed by atoms with van der Waals surface area (Å²) in [7, 11) is 4.05. The first-order chi connectivity index (χ1) is 8.52. The molecule has 2 atom stereocenters. The molecule has 0 saturated carbocycles. The van der Waals surface area contributed by atoms with Gasteiger partial charge in [0.2, 0.25) is 0 Å². The molecule has 5 heteroatoms. The van der Waals surface area contributed by atoms with Crippen molar-refractivity contribution in [2.75, 3.05) is 20.6 Å². The van der Waals surface area contributed by atoms with E-state index in [1.54, 1.807) is 0 Å². The number of benzene rings is 1. The second kappa shape index (κ2) is 4.96. The SMILES string of the molecule is CC(CN)C(c1ccc2oc(=O)[nH]c2c1)N(C)C. The van der Waals surface area contributed by atoms with Crippen LogP contribution in [-0.4, -0.2) is 30.5 Å². The highest BCUT2D eigenvalue weighted by atomic mass is 16.4. The highest BCUT2D eigenvalue weighted by Crippen LogP contribution is 2.27. The fourth-order valence-corrected chi connectivity index (χ4v) is 2.42. The van der Waals surface area contributed by atoms with Gasteiger partial charge in [0.15, 0.2) is 5.58 Å². The molecule has 0 amide bonds. The number of H-pyrrole nitrogens is 1. The molecule has 98 valence electrons. The van der Waals surface area contributed by atoms with Crippen LogP contribution in [0.5, 0.6) is 0 Å². The molecule has 5 nitrogen and oxygen atoms in total. The lowest BCUT2D eigenvalue weighted by molar-refractivity contribution is 0.227. The van der Waals surface area contributed by atoms with Crippen LogP contribution in [0.4, 0.5) is 0 Å². The largest absolute Gasteiger partial charge is 0.417 e. The summed E-state index contributed by atoms with van der Waals surface area (Å²) >= 11 is 0. The summed E-state index contributed by atoms with van der Waals surface area (Å²) < 4.78 is 5.00. The van der Waals surface area contributed by atoms with Crippen LogP contribution in [-0.2, 0) is 0 Å². The molecule has 1 heterocycles. The van der Waals surface area contributed by atoms with E-state index in [2.05, 4.69) is 16.8 Å². The van der Waals surface area contributed by atoms with E-state index in [0.717, 1.165) is 11.1 Å². The summed E-state index contributed by atoms with van der Waals surface area (Å²) in [5.74, 6) is -0.0912. The number of rotatable bonds is 4. The fourth-order valence-electron chi connectivity index (χ4n) is 2.42. The molecule has 2 rings (SSSR count). The molecule has 0 saturated heterocycles. The summed E-state index contributed by atoms with van der Waals surface area (Å²) in [5.41, 5.74) is 8.20. The normalized spacial score (nSPS) is 15.2. The second-order valence-corrected chi connectivity index (χ2v) is 4.89. The van der Waals surface area contributed by atoms with Gasteiger partial charge >= 0.3 is 5.76 Å². The van der Waals surface area contributed by atoms with E-state index in [9.17, 15) is 4.79 Å². The van der Waals surface area contributed by atoms with Crippen LogP contribution < -0.4 is 11.5 Å². The van der Waals surface area contributed by atoms with Crippen molar-refractivity contribution in [3.8, 4) is 0 Å². The lowest BCUT2D eigenvalue weighted by Crippen LogP contribution is -2.30. The van der Waals surface area contributed by atoms with Gasteiger partial charge < -0.3 is 15.1 Å². The minimum Gasteiger partial charge on any atom is -0.408 e. The molecule has 0 aliphatic rings. The molecule has 0 spiro atoms. The summed E-state index contributed by atoms with van der Waals surface area (Å²) in [4.78, 5) is 16.0. The molecular formula is C13H19N3O2. The quantitative estimate of drug-likeness (QED) is 0.857. The number of nitrogens with two attached hydrogens (primary N) is 1. The van der Waals surface area contributed by atoms with Gasteiger partial charge in [-0.25, -0.2) is 4.79 Å². The zero-order valence-electron chi connectivity index (χ0n) is 10.9. The Labute approximate surface area is 106 Å². The Bertz CT molecular complexity index is 585. The molecule has 18 heavy (non-hydrogen) atoms. The maximum Gasteiger partial charge on any atom is 0.417 e. The zero-order chi connectivity index (χ0) is 13.3. The maximum absolute atomic E-state index is 11.1. The second-order valence-electron chi connectivity index (χ2n) is 4.89. The fraction of sp³-hybridized carbons (Fsp3) is 0.462. The number of fused-ring (bicyclic) bond motifs is 1. The van der Waals surface area contributed by atoms with Crippen LogP contribution in [0, 0.1) is 5.92 Å². The topological polar surface area (TPSA) is 75.3 Å². The number of aromatic nitrogens is 1. The van der Waals surface area contributed by atoms with Crippen LogP contribution in [0.25, 0.3) is 11.1 Å². The van der Waals surface area contributed by atoms with Crippen molar-refractivity contribution in [2.45, 2.75) is 13.0 Å². The van der Waals surface area contributed by atoms with Crippen LogP contribution in [0.15, 0.2) is 27.4 Å². The molecule has 2 aromatic rings. The molecule has 0 bridgehead atoms. The Hall–Kier alpha value is -1.59. The number of aromatic amines is 1. The third-order valence-electron chi connectivity index (χ3n) is 3.25. The maximum atomic E-state index is 11.1. The Morgan fingerprint density at radius 1 is 1.44 bits per heavy atom. The van der Waals surface area contributed by atoms with Gasteiger partial charge in [0.25, 0.3) is 0 Å². The molecule has 0 aliphatic heterocycles. The van der Waals surface area contributed by atoms with Crippen molar-refractivity contribution in [1.82, 2.24) is 9.88 Å². The van der Waals surface area contributed by atoms with E-state index < -0.39 is 5.76 Å². The zero-order valence-corrected chi connectivity index (χ0v) is 10.9. The van der Waals surface area contributed by atoms with Crippen LogP contribution in [0.3, 0.4) is 0 Å². The smallest absolute Gasteiger partial charge is 0.408 e. The van der Waals surface area contributed by atoms with Crippen molar-refractivity contribution in [3.63, 3.8) is 0 Å². The van der Waals surface area contributed by atoms with Crippen molar-refractivity contribution < 1.29 is 4.42 Å². The Morgan fingerprint density at radius 2 is 2.17 bits per heavy atom. The van der Waals surface area contributed by atoms with Crippen molar-refractivity contribution >= 4 is 11.1 Å². The van der Waals surface area contributed by atoms with Crippen LogP contribution >= 0.6 is 0 Å². The van der Waals surface area contributed by atoms with E-state index >= 15 is 0 Å². The lowest BCUT2D eigenvalue weighted by atomic mass is 9.93. The summed E-state index contributed by atoms with van der Waals surface area (Å²) in [6, 6.07) is 5.98. The van der Waals surface area contributed by atoms with E-state index in [1.165, 1.54) is 0 Å². The predicted molar refractivity (Wildman–Crippen MR) is 71.5 cm³/mol. The first-order valence-corrected chi connectivity index (χ1v) is 6.02. The van der Waals surface area contributed by atoms with Crippen molar-refractivity contribution in [1.29, 1.82) is 0 Å². The summed E-state index contributed by atoms with van der Waals surface area (Å²) in [6.07, 6.45) is 0. The van der Waals surface area contributed by atoms with Gasteiger partial charge in [0.05, 0.1) is 5.52 Å². The first kappa shape index (κ1) is 12.9. The van der Waals surface area contributed by atoms with Gasteiger partial charge in [-0.3, -0.25) is 4.98 Å². The van der Waals surface area contributed by atoms with Gasteiger partial charge in [0, 0.05) is 6.04 Å². The number of nitrogens with zero attached hydrogens (tertiary/aromatic N) is 1. The highest BCUT2D eigenvalue weighted by Gasteiger charge is 2.21. The van der Waals surface area contributed by atoms with Gasteiger partial charge in [0.1, 0.15) is 0 Å².